The molecule has 11 rings (SSSR count). The van der Waals surface area contributed by atoms with Crippen LogP contribution in [-0.2, 0) is 0 Å². The summed E-state index contributed by atoms with van der Waals surface area (Å²) in [5.74, 6) is 0. The van der Waals surface area contributed by atoms with E-state index < -0.39 is 0 Å². The highest BCUT2D eigenvalue weighted by Crippen LogP contribution is 2.39. The summed E-state index contributed by atoms with van der Waals surface area (Å²) in [5.41, 5.74) is 25.3. The van der Waals surface area contributed by atoms with Crippen LogP contribution >= 0.6 is 0 Å². The molecule has 9 aromatic carbocycles. The number of benzene rings is 9. The third kappa shape index (κ3) is 5.73. The zero-order chi connectivity index (χ0) is 42.2. The first-order chi connectivity index (χ1) is 30.3. The molecule has 2 aromatic heterocycles. The summed E-state index contributed by atoms with van der Waals surface area (Å²) in [4.78, 5) is 0. The summed E-state index contributed by atoms with van der Waals surface area (Å²) in [6, 6.07) is 66.3. The molecule has 11 aromatic rings. The summed E-state index contributed by atoms with van der Waals surface area (Å²) in [5, 5.41) is 5.23. The van der Waals surface area contributed by atoms with Gasteiger partial charge in [-0.3, -0.25) is 0 Å². The monoisotopic (exact) mass is 784 g/mol. The maximum Gasteiger partial charge on any atom is 0.141 e. The second-order valence-electron chi connectivity index (χ2n) is 17.0. The zero-order valence-corrected chi connectivity index (χ0v) is 36.2. The lowest BCUT2D eigenvalue weighted by Crippen LogP contribution is -2.41. The predicted octanol–water partition coefficient (Wildman–Crippen LogP) is 4.10. The van der Waals surface area contributed by atoms with E-state index in [1.165, 1.54) is 132 Å². The molecule has 8 heteroatoms. The van der Waals surface area contributed by atoms with E-state index in [4.69, 9.17) is 0 Å². The Morgan fingerprint density at radius 2 is 0.677 bits per heavy atom. The molecule has 62 heavy (non-hydrogen) atoms. The highest BCUT2D eigenvalue weighted by atomic mass is 15.0. The Bertz CT molecular complexity index is 3540. The Morgan fingerprint density at radius 3 is 1.21 bits per heavy atom. The molecule has 0 saturated carbocycles. The van der Waals surface area contributed by atoms with Gasteiger partial charge in [0.2, 0.25) is 0 Å². The van der Waals surface area contributed by atoms with E-state index in [1.807, 2.05) is 0 Å². The van der Waals surface area contributed by atoms with Gasteiger partial charge in [0.15, 0.2) is 0 Å². The number of nitrogens with zero attached hydrogens (tertiary/aromatic N) is 2. The van der Waals surface area contributed by atoms with Gasteiger partial charge in [0, 0.05) is 44.0 Å². The van der Waals surface area contributed by atoms with E-state index in [-0.39, 0.29) is 0 Å². The van der Waals surface area contributed by atoms with Crippen LogP contribution in [0, 0.1) is 0 Å². The highest BCUT2D eigenvalue weighted by molar-refractivity contribution is 6.65. The van der Waals surface area contributed by atoms with Gasteiger partial charge in [-0.25, -0.2) is 0 Å². The van der Waals surface area contributed by atoms with E-state index >= 15 is 0 Å². The average Bonchev–Trinajstić information content (AvgIpc) is 3.87. The normalized spacial score (nSPS) is 11.6. The number of hydrogen-bond acceptors (Lipinski definition) is 0. The fraction of sp³-hybridized carbons (Fsp3) is 0. The maximum atomic E-state index is 2.52. The molecule has 0 aliphatic carbocycles. The van der Waals surface area contributed by atoms with Crippen LogP contribution in [0.25, 0.3) is 99.5 Å². The van der Waals surface area contributed by atoms with E-state index in [0.717, 1.165) is 0 Å². The first kappa shape index (κ1) is 37.9. The molecule has 0 amide bonds. The quantitative estimate of drug-likeness (QED) is 0.225. The Morgan fingerprint density at radius 1 is 0.274 bits per heavy atom. The second kappa shape index (κ2) is 14.9. The van der Waals surface area contributed by atoms with Crippen molar-refractivity contribution >= 4 is 123 Å². The van der Waals surface area contributed by atoms with Crippen molar-refractivity contribution < 1.29 is 0 Å². The van der Waals surface area contributed by atoms with Crippen molar-refractivity contribution in [3.8, 4) is 55.9 Å². The molecule has 0 aliphatic heterocycles. The minimum absolute atomic E-state index is 1.17. The van der Waals surface area contributed by atoms with Crippen LogP contribution in [-0.4, -0.2) is 56.2 Å². The SMILES string of the molecule is Bc1c(-c2c(B)c(B)c3c(c2B)c2c(-c4ccccc4)cccc2n3-c2ccc(-c3ccccc3)cc2)c(B)c2c3ccccc3n(-c3ccc(-c4ccccc4)cc3)c2c1B. The number of aromatic nitrogens is 2. The van der Waals surface area contributed by atoms with Gasteiger partial charge < -0.3 is 9.13 Å². The molecule has 2 nitrogen and oxygen atoms in total. The first-order valence-corrected chi connectivity index (χ1v) is 21.8. The lowest BCUT2D eigenvalue weighted by molar-refractivity contribution is 1.19. The third-order valence-electron chi connectivity index (χ3n) is 13.8. The van der Waals surface area contributed by atoms with Crippen LogP contribution in [0.1, 0.15) is 0 Å². The second-order valence-corrected chi connectivity index (χ2v) is 17.0. The molecule has 0 atom stereocenters. The molecule has 0 unspecified atom stereocenters. The van der Waals surface area contributed by atoms with Gasteiger partial charge in [-0.05, 0) is 80.9 Å². The topological polar surface area (TPSA) is 9.86 Å². The van der Waals surface area contributed by atoms with Crippen LogP contribution in [0.4, 0.5) is 0 Å². The Labute approximate surface area is 368 Å². The largest absolute Gasteiger partial charge is 0.310 e. The fourth-order valence-corrected chi connectivity index (χ4v) is 10.6. The summed E-state index contributed by atoms with van der Waals surface area (Å²) in [6.45, 7) is 0. The van der Waals surface area contributed by atoms with E-state index in [0.29, 0.717) is 0 Å². The van der Waals surface area contributed by atoms with Gasteiger partial charge in [-0.1, -0.05) is 178 Å². The Balaban J connectivity index is 1.19. The van der Waals surface area contributed by atoms with Crippen LogP contribution < -0.4 is 32.8 Å². The molecule has 0 saturated heterocycles. The summed E-state index contributed by atoms with van der Waals surface area (Å²) in [6.07, 6.45) is 0. The molecular weight excluding hydrogens is 741 g/mol. The molecule has 0 radical (unpaired) electrons. The standard InChI is InChI=1S/C54H42B6N2/c55-47-43-39-19-10-11-21-40(39)61(36-27-23-33(24-28-36)31-13-4-1-5-14-31)53(43)51(59)49(57)44(47)45-48(56)46-42-38(35-17-8-3-9-18-35)20-12-22-41(42)62(54(46)52(60)50(45)58)37-29-25-34(26-30-37)32-15-6-2-7-16-32/h1-30H,55-60H2. The number of rotatable bonds is 6. The first-order valence-electron chi connectivity index (χ1n) is 21.8. The number of hydrogen-bond donors (Lipinski definition) is 0. The van der Waals surface area contributed by atoms with Crippen molar-refractivity contribution in [3.63, 3.8) is 0 Å². The van der Waals surface area contributed by atoms with Gasteiger partial charge >= 0.3 is 0 Å². The van der Waals surface area contributed by atoms with Gasteiger partial charge in [0.25, 0.3) is 0 Å². The van der Waals surface area contributed by atoms with Gasteiger partial charge in [-0.2, -0.15) is 0 Å². The molecule has 0 fully saturated rings. The molecular formula is C54H42B6N2. The molecule has 0 N–H and O–H groups in total. The minimum Gasteiger partial charge on any atom is -0.310 e. The van der Waals surface area contributed by atoms with Crippen LogP contribution in [0.15, 0.2) is 182 Å². The lowest BCUT2D eigenvalue weighted by Gasteiger charge is -2.24. The summed E-state index contributed by atoms with van der Waals surface area (Å²) >= 11 is 0. The summed E-state index contributed by atoms with van der Waals surface area (Å²) < 4.78 is 5.02. The number of para-hydroxylation sites is 1. The highest BCUT2D eigenvalue weighted by Gasteiger charge is 2.27. The van der Waals surface area contributed by atoms with Crippen LogP contribution in [0.3, 0.4) is 0 Å². The molecule has 0 bridgehead atoms. The average molecular weight is 784 g/mol. The maximum absolute atomic E-state index is 2.52. The van der Waals surface area contributed by atoms with Gasteiger partial charge in [0.05, 0.1) is 11.0 Å². The van der Waals surface area contributed by atoms with E-state index in [1.54, 1.807) is 0 Å². The van der Waals surface area contributed by atoms with Crippen LogP contribution in [0.5, 0.6) is 0 Å². The fourth-order valence-electron chi connectivity index (χ4n) is 10.6. The van der Waals surface area contributed by atoms with Gasteiger partial charge in [-0.15, -0.1) is 0 Å². The predicted molar refractivity (Wildman–Crippen MR) is 286 cm³/mol. The zero-order valence-electron chi connectivity index (χ0n) is 36.2. The lowest BCUT2D eigenvalue weighted by atomic mass is 9.63. The molecule has 0 aliphatic rings. The van der Waals surface area contributed by atoms with Crippen molar-refractivity contribution in [1.82, 2.24) is 9.13 Å². The van der Waals surface area contributed by atoms with E-state index in [2.05, 4.69) is 238 Å². The van der Waals surface area contributed by atoms with Crippen molar-refractivity contribution in [2.24, 2.45) is 0 Å². The molecule has 0 spiro atoms. The third-order valence-corrected chi connectivity index (χ3v) is 13.8. The molecule has 2 heterocycles. The van der Waals surface area contributed by atoms with E-state index in [9.17, 15) is 0 Å². The Kier molecular flexibility index (Phi) is 9.09. The van der Waals surface area contributed by atoms with Crippen molar-refractivity contribution in [3.05, 3.63) is 182 Å². The van der Waals surface area contributed by atoms with Crippen molar-refractivity contribution in [1.29, 1.82) is 0 Å². The Hall–Kier alpha value is -7.03. The van der Waals surface area contributed by atoms with Gasteiger partial charge in [0.1, 0.15) is 47.1 Å². The van der Waals surface area contributed by atoms with Crippen molar-refractivity contribution in [2.75, 3.05) is 0 Å². The summed E-state index contributed by atoms with van der Waals surface area (Å²) in [7, 11) is 14.1. The van der Waals surface area contributed by atoms with Crippen LogP contribution in [0.2, 0.25) is 0 Å². The van der Waals surface area contributed by atoms with Crippen molar-refractivity contribution in [2.45, 2.75) is 0 Å². The number of fused-ring (bicyclic) bond motifs is 6. The minimum atomic E-state index is 1.17. The molecule has 286 valence electrons. The smallest absolute Gasteiger partial charge is 0.141 e.